The number of amides is 1. The van der Waals surface area contributed by atoms with Crippen molar-refractivity contribution in [3.05, 3.63) is 71.8 Å². The van der Waals surface area contributed by atoms with Crippen molar-refractivity contribution in [3.63, 3.8) is 0 Å². The zero-order valence-corrected chi connectivity index (χ0v) is 16.5. The number of fused-ring (bicyclic) bond motifs is 1. The summed E-state index contributed by atoms with van der Waals surface area (Å²) in [5.41, 5.74) is 2.54. The Morgan fingerprint density at radius 1 is 0.897 bits per heavy atom. The SMILES string of the molecule is O=C(c1ccncc1)N1CC2CN(c3cnc(-c4ccc(Cl)cc4)cn3)CC2C1. The first-order valence-corrected chi connectivity index (χ1v) is 10.1. The third kappa shape index (κ3) is 3.56. The first-order chi connectivity index (χ1) is 14.2. The van der Waals surface area contributed by atoms with E-state index in [0.717, 1.165) is 43.3 Å². The molecule has 146 valence electrons. The van der Waals surface area contributed by atoms with Crippen LogP contribution in [0.5, 0.6) is 0 Å². The molecule has 29 heavy (non-hydrogen) atoms. The lowest BCUT2D eigenvalue weighted by atomic mass is 10.0. The predicted molar refractivity (Wildman–Crippen MR) is 112 cm³/mol. The molecule has 3 aromatic rings. The second kappa shape index (κ2) is 7.44. The highest BCUT2D eigenvalue weighted by atomic mass is 35.5. The number of benzene rings is 1. The van der Waals surface area contributed by atoms with Crippen molar-refractivity contribution < 1.29 is 4.79 Å². The lowest BCUT2D eigenvalue weighted by molar-refractivity contribution is 0.0782. The van der Waals surface area contributed by atoms with Crippen molar-refractivity contribution in [2.45, 2.75) is 0 Å². The van der Waals surface area contributed by atoms with E-state index in [1.807, 2.05) is 41.6 Å². The number of halogens is 1. The Balaban J connectivity index is 1.23. The lowest BCUT2D eigenvalue weighted by Gasteiger charge is -2.22. The van der Waals surface area contributed by atoms with Gasteiger partial charge in [-0.05, 0) is 24.3 Å². The maximum Gasteiger partial charge on any atom is 0.253 e. The van der Waals surface area contributed by atoms with Crippen LogP contribution >= 0.6 is 11.6 Å². The van der Waals surface area contributed by atoms with Crippen LogP contribution in [0.1, 0.15) is 10.4 Å². The average Bonchev–Trinajstić information content (AvgIpc) is 3.34. The molecule has 1 amide bonds. The molecule has 6 nitrogen and oxygen atoms in total. The van der Waals surface area contributed by atoms with Crippen LogP contribution in [0, 0.1) is 11.8 Å². The van der Waals surface area contributed by atoms with Crippen LogP contribution in [0.4, 0.5) is 5.82 Å². The molecule has 0 spiro atoms. The molecule has 2 aliphatic rings. The molecule has 0 N–H and O–H groups in total. The Bertz CT molecular complexity index is 996. The normalized spacial score (nSPS) is 20.7. The molecule has 4 heterocycles. The van der Waals surface area contributed by atoms with Crippen LogP contribution in [-0.2, 0) is 0 Å². The summed E-state index contributed by atoms with van der Waals surface area (Å²) in [6.45, 7) is 3.39. The van der Waals surface area contributed by atoms with Crippen molar-refractivity contribution in [1.82, 2.24) is 19.9 Å². The van der Waals surface area contributed by atoms with Crippen LogP contribution in [-0.4, -0.2) is 51.9 Å². The van der Waals surface area contributed by atoms with E-state index < -0.39 is 0 Å². The van der Waals surface area contributed by atoms with E-state index in [2.05, 4.69) is 19.9 Å². The summed E-state index contributed by atoms with van der Waals surface area (Å²) in [4.78, 5) is 30.1. The Morgan fingerprint density at radius 3 is 2.21 bits per heavy atom. The van der Waals surface area contributed by atoms with Gasteiger partial charge in [-0.1, -0.05) is 23.7 Å². The average molecular weight is 406 g/mol. The molecule has 7 heteroatoms. The fraction of sp³-hybridized carbons (Fsp3) is 0.273. The number of rotatable bonds is 3. The van der Waals surface area contributed by atoms with E-state index in [9.17, 15) is 4.79 Å². The number of likely N-dealkylation sites (tertiary alicyclic amines) is 1. The van der Waals surface area contributed by atoms with Gasteiger partial charge < -0.3 is 9.80 Å². The number of nitrogens with zero attached hydrogens (tertiary/aromatic N) is 5. The van der Waals surface area contributed by atoms with Gasteiger partial charge in [0.1, 0.15) is 5.82 Å². The van der Waals surface area contributed by atoms with E-state index in [4.69, 9.17) is 11.6 Å². The molecule has 0 radical (unpaired) electrons. The molecule has 2 fully saturated rings. The largest absolute Gasteiger partial charge is 0.355 e. The summed E-state index contributed by atoms with van der Waals surface area (Å²) >= 11 is 5.95. The molecule has 1 aromatic carbocycles. The predicted octanol–water partition coefficient (Wildman–Crippen LogP) is 3.40. The first kappa shape index (κ1) is 18.1. The van der Waals surface area contributed by atoms with Gasteiger partial charge in [0.2, 0.25) is 0 Å². The molecule has 0 bridgehead atoms. The van der Waals surface area contributed by atoms with Gasteiger partial charge in [-0.2, -0.15) is 0 Å². The van der Waals surface area contributed by atoms with Gasteiger partial charge in [0.15, 0.2) is 0 Å². The maximum atomic E-state index is 12.7. The number of carbonyl (C=O) groups excluding carboxylic acids is 1. The first-order valence-electron chi connectivity index (χ1n) is 9.69. The quantitative estimate of drug-likeness (QED) is 0.668. The Kier molecular flexibility index (Phi) is 4.64. The van der Waals surface area contributed by atoms with Gasteiger partial charge in [-0.3, -0.25) is 14.8 Å². The third-order valence-electron chi connectivity index (χ3n) is 5.80. The fourth-order valence-electron chi connectivity index (χ4n) is 4.28. The van der Waals surface area contributed by atoms with Crippen molar-refractivity contribution in [1.29, 1.82) is 0 Å². The van der Waals surface area contributed by atoms with Gasteiger partial charge in [0.25, 0.3) is 5.91 Å². The number of aromatic nitrogens is 3. The lowest BCUT2D eigenvalue weighted by Crippen LogP contribution is -2.33. The van der Waals surface area contributed by atoms with E-state index in [-0.39, 0.29) is 5.91 Å². The minimum atomic E-state index is 0.0976. The molecule has 2 unspecified atom stereocenters. The number of hydrogen-bond donors (Lipinski definition) is 0. The molecular weight excluding hydrogens is 386 g/mol. The summed E-state index contributed by atoms with van der Waals surface area (Å²) in [5, 5.41) is 0.707. The van der Waals surface area contributed by atoms with Gasteiger partial charge in [-0.15, -0.1) is 0 Å². The zero-order valence-electron chi connectivity index (χ0n) is 15.8. The monoisotopic (exact) mass is 405 g/mol. The van der Waals surface area contributed by atoms with E-state index in [1.165, 1.54) is 0 Å². The molecule has 5 rings (SSSR count). The topological polar surface area (TPSA) is 62.2 Å². The molecule has 2 atom stereocenters. The van der Waals surface area contributed by atoms with Crippen LogP contribution in [0.15, 0.2) is 61.2 Å². The minimum Gasteiger partial charge on any atom is -0.355 e. The molecule has 2 saturated heterocycles. The molecule has 0 saturated carbocycles. The summed E-state index contributed by atoms with van der Waals surface area (Å²) in [6.07, 6.45) is 6.98. The Morgan fingerprint density at radius 2 is 1.59 bits per heavy atom. The highest BCUT2D eigenvalue weighted by Gasteiger charge is 2.42. The highest BCUT2D eigenvalue weighted by Crippen LogP contribution is 2.34. The second-order valence-electron chi connectivity index (χ2n) is 7.64. The van der Waals surface area contributed by atoms with E-state index >= 15 is 0 Å². The van der Waals surface area contributed by atoms with Crippen molar-refractivity contribution in [2.24, 2.45) is 11.8 Å². The van der Waals surface area contributed by atoms with Crippen molar-refractivity contribution in [2.75, 3.05) is 31.1 Å². The van der Waals surface area contributed by atoms with Crippen LogP contribution < -0.4 is 4.90 Å². The van der Waals surface area contributed by atoms with Gasteiger partial charge >= 0.3 is 0 Å². The molecule has 0 aliphatic carbocycles. The minimum absolute atomic E-state index is 0.0976. The van der Waals surface area contributed by atoms with Crippen molar-refractivity contribution in [3.8, 4) is 11.3 Å². The van der Waals surface area contributed by atoms with Gasteiger partial charge in [-0.25, -0.2) is 4.98 Å². The van der Waals surface area contributed by atoms with Crippen LogP contribution in [0.25, 0.3) is 11.3 Å². The molecular formula is C22H20ClN5O. The fourth-order valence-corrected chi connectivity index (χ4v) is 4.40. The highest BCUT2D eigenvalue weighted by molar-refractivity contribution is 6.30. The van der Waals surface area contributed by atoms with E-state index in [0.29, 0.717) is 22.4 Å². The van der Waals surface area contributed by atoms with Crippen LogP contribution in [0.2, 0.25) is 5.02 Å². The maximum absolute atomic E-state index is 12.7. The Hall–Kier alpha value is -2.99. The second-order valence-corrected chi connectivity index (χ2v) is 8.07. The number of pyridine rings is 1. The smallest absolute Gasteiger partial charge is 0.253 e. The van der Waals surface area contributed by atoms with Crippen molar-refractivity contribution >= 4 is 23.3 Å². The van der Waals surface area contributed by atoms with Crippen LogP contribution in [0.3, 0.4) is 0 Å². The number of anilines is 1. The summed E-state index contributed by atoms with van der Waals surface area (Å²) in [5.74, 6) is 1.93. The Labute approximate surface area is 174 Å². The third-order valence-corrected chi connectivity index (χ3v) is 6.05. The molecule has 2 aliphatic heterocycles. The number of carbonyl (C=O) groups is 1. The van der Waals surface area contributed by atoms with Gasteiger partial charge in [0, 0.05) is 66.6 Å². The zero-order chi connectivity index (χ0) is 19.8. The molecule has 2 aromatic heterocycles. The number of hydrogen-bond acceptors (Lipinski definition) is 5. The summed E-state index contributed by atoms with van der Waals surface area (Å²) < 4.78 is 0. The van der Waals surface area contributed by atoms with E-state index in [1.54, 1.807) is 24.5 Å². The standard InChI is InChI=1S/C22H20ClN5O/c23-19-3-1-15(2-4-19)20-9-26-21(10-25-20)27-11-17-13-28(14-18(17)12-27)22(29)16-5-7-24-8-6-16/h1-10,17-18H,11-14H2. The van der Waals surface area contributed by atoms with Gasteiger partial charge in [0.05, 0.1) is 18.1 Å². The summed E-state index contributed by atoms with van der Waals surface area (Å²) in [6, 6.07) is 11.2. The summed E-state index contributed by atoms with van der Waals surface area (Å²) in [7, 11) is 0.